The molecule has 3 heterocycles. The Hall–Kier alpha value is -3.49. The zero-order chi connectivity index (χ0) is 20.2. The summed E-state index contributed by atoms with van der Waals surface area (Å²) >= 11 is 0. The number of nitrogens with zero attached hydrogens (tertiary/aromatic N) is 6. The number of carbonyl (C=O) groups excluding carboxylic acids is 2. The third kappa shape index (κ3) is 4.34. The van der Waals surface area contributed by atoms with E-state index in [0.717, 1.165) is 18.4 Å². The van der Waals surface area contributed by atoms with Crippen LogP contribution >= 0.6 is 0 Å². The predicted octanol–water partition coefficient (Wildman–Crippen LogP) is 1.25. The minimum absolute atomic E-state index is 0.00596. The normalized spacial score (nSPS) is 16.2. The third-order valence-electron chi connectivity index (χ3n) is 5.04. The molecule has 2 amide bonds. The Kier molecular flexibility index (Phi) is 5.37. The highest BCUT2D eigenvalue weighted by atomic mass is 16.2. The first-order valence-electron chi connectivity index (χ1n) is 9.63. The van der Waals surface area contributed by atoms with E-state index in [1.807, 2.05) is 35.2 Å². The first-order valence-corrected chi connectivity index (χ1v) is 9.63. The fourth-order valence-electron chi connectivity index (χ4n) is 3.55. The van der Waals surface area contributed by atoms with Crippen LogP contribution < -0.4 is 5.32 Å². The van der Waals surface area contributed by atoms with E-state index in [4.69, 9.17) is 0 Å². The maximum atomic E-state index is 12.7. The number of aromatic nitrogens is 5. The Morgan fingerprint density at radius 1 is 1.17 bits per heavy atom. The topological polar surface area (TPSA) is 97.9 Å². The quantitative estimate of drug-likeness (QED) is 0.680. The van der Waals surface area contributed by atoms with Gasteiger partial charge >= 0.3 is 0 Å². The number of aryl methyl sites for hydroxylation is 1. The van der Waals surface area contributed by atoms with Crippen molar-refractivity contribution in [1.29, 1.82) is 0 Å². The highest BCUT2D eigenvalue weighted by Gasteiger charge is 2.31. The van der Waals surface area contributed by atoms with Gasteiger partial charge in [-0.2, -0.15) is 5.10 Å². The number of carbonyl (C=O) groups is 2. The van der Waals surface area contributed by atoms with Gasteiger partial charge in [-0.3, -0.25) is 14.3 Å². The van der Waals surface area contributed by atoms with Gasteiger partial charge in [0.05, 0.1) is 18.8 Å². The van der Waals surface area contributed by atoms with Crippen LogP contribution in [-0.4, -0.2) is 54.1 Å². The molecule has 1 aromatic carbocycles. The van der Waals surface area contributed by atoms with Gasteiger partial charge in [-0.25, -0.2) is 4.68 Å². The van der Waals surface area contributed by atoms with E-state index < -0.39 is 0 Å². The van der Waals surface area contributed by atoms with Gasteiger partial charge in [0, 0.05) is 26.3 Å². The molecule has 1 atom stereocenters. The minimum Gasteiger partial charge on any atom is -0.347 e. The van der Waals surface area contributed by atoms with Crippen LogP contribution in [0.4, 0.5) is 0 Å². The average Bonchev–Trinajstić information content (AvgIpc) is 3.48. The number of likely N-dealkylation sites (tertiary alicyclic amines) is 1. The monoisotopic (exact) mass is 393 g/mol. The molecular formula is C20H23N7O2. The van der Waals surface area contributed by atoms with Crippen LogP contribution in [0.15, 0.2) is 48.8 Å². The smallest absolute Gasteiger partial charge is 0.274 e. The van der Waals surface area contributed by atoms with Crippen LogP contribution in [0, 0.1) is 0 Å². The van der Waals surface area contributed by atoms with Gasteiger partial charge in [0.2, 0.25) is 0 Å². The molecule has 29 heavy (non-hydrogen) atoms. The van der Waals surface area contributed by atoms with Crippen LogP contribution in [0.3, 0.4) is 0 Å². The summed E-state index contributed by atoms with van der Waals surface area (Å²) in [4.78, 5) is 26.9. The lowest BCUT2D eigenvalue weighted by molar-refractivity contribution is 0.0714. The van der Waals surface area contributed by atoms with Gasteiger partial charge in [-0.1, -0.05) is 35.5 Å². The second-order valence-corrected chi connectivity index (χ2v) is 7.16. The van der Waals surface area contributed by atoms with E-state index >= 15 is 0 Å². The third-order valence-corrected chi connectivity index (χ3v) is 5.04. The van der Waals surface area contributed by atoms with Crippen molar-refractivity contribution >= 4 is 11.8 Å². The number of nitrogens with one attached hydrogen (secondary N) is 1. The molecule has 0 radical (unpaired) electrons. The number of hydrogen-bond donors (Lipinski definition) is 1. The van der Waals surface area contributed by atoms with Crippen molar-refractivity contribution < 1.29 is 9.59 Å². The summed E-state index contributed by atoms with van der Waals surface area (Å²) < 4.78 is 3.25. The molecule has 4 rings (SSSR count). The first kappa shape index (κ1) is 18.9. The summed E-state index contributed by atoms with van der Waals surface area (Å²) in [5.74, 6) is -0.345. The zero-order valence-corrected chi connectivity index (χ0v) is 16.2. The summed E-state index contributed by atoms with van der Waals surface area (Å²) in [6.07, 6.45) is 5.20. The molecule has 1 aliphatic heterocycles. The van der Waals surface area contributed by atoms with Crippen molar-refractivity contribution in [2.75, 3.05) is 6.54 Å². The van der Waals surface area contributed by atoms with Gasteiger partial charge in [0.15, 0.2) is 5.69 Å². The minimum atomic E-state index is -0.270. The summed E-state index contributed by atoms with van der Waals surface area (Å²) in [6.45, 7) is 1.62. The van der Waals surface area contributed by atoms with Crippen molar-refractivity contribution in [3.05, 3.63) is 65.7 Å². The standard InChI is InChI=1S/C20H23N7O2/c1-25-11-9-17(23-25)20(29)27-10-5-8-16(27)13-26-14-18(22-24-26)19(28)21-12-15-6-3-2-4-7-15/h2-4,6-7,9,11,14,16H,5,8,10,12-13H2,1H3,(H,21,28)/t16-/m0/s1. The lowest BCUT2D eigenvalue weighted by Crippen LogP contribution is -2.38. The number of benzene rings is 1. The van der Waals surface area contributed by atoms with Gasteiger partial charge in [0.25, 0.3) is 11.8 Å². The molecule has 0 aliphatic carbocycles. The molecule has 1 N–H and O–H groups in total. The van der Waals surface area contributed by atoms with Gasteiger partial charge in [-0.05, 0) is 24.5 Å². The predicted molar refractivity (Wildman–Crippen MR) is 105 cm³/mol. The van der Waals surface area contributed by atoms with E-state index in [-0.39, 0.29) is 23.6 Å². The molecule has 1 saturated heterocycles. The highest BCUT2D eigenvalue weighted by molar-refractivity contribution is 5.92. The summed E-state index contributed by atoms with van der Waals surface area (Å²) in [6, 6.07) is 11.4. The van der Waals surface area contributed by atoms with Crippen molar-refractivity contribution in [3.63, 3.8) is 0 Å². The lowest BCUT2D eigenvalue weighted by Gasteiger charge is -2.23. The largest absolute Gasteiger partial charge is 0.347 e. The lowest BCUT2D eigenvalue weighted by atomic mass is 10.2. The van der Waals surface area contributed by atoms with Gasteiger partial charge < -0.3 is 10.2 Å². The summed E-state index contributed by atoms with van der Waals surface area (Å²) in [5, 5.41) is 15.1. The van der Waals surface area contributed by atoms with Crippen molar-refractivity contribution in [2.45, 2.75) is 32.0 Å². The fourth-order valence-corrected chi connectivity index (χ4v) is 3.55. The Bertz CT molecular complexity index is 995. The molecule has 9 nitrogen and oxygen atoms in total. The van der Waals surface area contributed by atoms with E-state index in [1.165, 1.54) is 0 Å². The van der Waals surface area contributed by atoms with E-state index in [9.17, 15) is 9.59 Å². The maximum Gasteiger partial charge on any atom is 0.274 e. The first-order chi connectivity index (χ1) is 14.1. The highest BCUT2D eigenvalue weighted by Crippen LogP contribution is 2.21. The Balaban J connectivity index is 1.36. The molecule has 150 valence electrons. The van der Waals surface area contributed by atoms with E-state index in [2.05, 4.69) is 20.7 Å². The fraction of sp³-hybridized carbons (Fsp3) is 0.350. The molecule has 0 saturated carbocycles. The van der Waals surface area contributed by atoms with Crippen molar-refractivity contribution in [2.24, 2.45) is 7.05 Å². The zero-order valence-electron chi connectivity index (χ0n) is 16.2. The van der Waals surface area contributed by atoms with E-state index in [0.29, 0.717) is 25.3 Å². The van der Waals surface area contributed by atoms with Crippen LogP contribution in [0.25, 0.3) is 0 Å². The molecule has 2 aromatic heterocycles. The van der Waals surface area contributed by atoms with E-state index in [1.54, 1.807) is 34.9 Å². The Morgan fingerprint density at radius 3 is 2.76 bits per heavy atom. The second kappa shape index (κ2) is 8.26. The Labute approximate surface area is 168 Å². The molecule has 0 spiro atoms. The molecule has 0 unspecified atom stereocenters. The molecule has 1 aliphatic rings. The number of rotatable bonds is 6. The number of hydrogen-bond acceptors (Lipinski definition) is 5. The molecule has 3 aromatic rings. The second-order valence-electron chi connectivity index (χ2n) is 7.16. The SMILES string of the molecule is Cn1ccc(C(=O)N2CCC[C@H]2Cn2cc(C(=O)NCc3ccccc3)nn2)n1. The van der Waals surface area contributed by atoms with Crippen LogP contribution in [0.2, 0.25) is 0 Å². The van der Waals surface area contributed by atoms with Crippen molar-refractivity contribution in [1.82, 2.24) is 35.0 Å². The Morgan fingerprint density at radius 2 is 2.00 bits per heavy atom. The van der Waals surface area contributed by atoms with Crippen LogP contribution in [0.5, 0.6) is 0 Å². The molecular weight excluding hydrogens is 370 g/mol. The molecule has 0 bridgehead atoms. The van der Waals surface area contributed by atoms with Gasteiger partial charge in [0.1, 0.15) is 5.69 Å². The summed E-state index contributed by atoms with van der Waals surface area (Å²) in [7, 11) is 1.79. The maximum absolute atomic E-state index is 12.7. The van der Waals surface area contributed by atoms with Crippen LogP contribution in [0.1, 0.15) is 39.4 Å². The molecule has 9 heteroatoms. The summed E-state index contributed by atoms with van der Waals surface area (Å²) in [5.41, 5.74) is 1.73. The van der Waals surface area contributed by atoms with Crippen molar-refractivity contribution in [3.8, 4) is 0 Å². The number of amides is 2. The van der Waals surface area contributed by atoms with Crippen LogP contribution in [-0.2, 0) is 20.1 Å². The average molecular weight is 393 g/mol. The van der Waals surface area contributed by atoms with Gasteiger partial charge in [-0.15, -0.1) is 5.10 Å². The molecule has 1 fully saturated rings.